The van der Waals surface area contributed by atoms with Crippen LogP contribution in [0.15, 0.2) is 21.4 Å². The lowest BCUT2D eigenvalue weighted by molar-refractivity contribution is 0.494. The van der Waals surface area contributed by atoms with Gasteiger partial charge >= 0.3 is 0 Å². The molecular weight excluding hydrogens is 320 g/mol. The van der Waals surface area contributed by atoms with Crippen LogP contribution in [0, 0.1) is 13.8 Å². The fraction of sp³-hybridized carbons (Fsp3) is 0.333. The summed E-state index contributed by atoms with van der Waals surface area (Å²) in [5.41, 5.74) is 6.12. The molecule has 2 heterocycles. The number of hydrogen-bond acceptors (Lipinski definition) is 5. The monoisotopic (exact) mass is 334 g/mol. The van der Waals surface area contributed by atoms with Crippen molar-refractivity contribution in [2.45, 2.75) is 31.8 Å². The van der Waals surface area contributed by atoms with Crippen LogP contribution in [0.1, 0.15) is 22.0 Å². The van der Waals surface area contributed by atoms with Crippen LogP contribution < -0.4 is 10.5 Å². The Morgan fingerprint density at radius 3 is 2.60 bits per heavy atom. The van der Waals surface area contributed by atoms with Gasteiger partial charge in [0.2, 0.25) is 10.0 Å². The van der Waals surface area contributed by atoms with E-state index in [4.69, 9.17) is 21.8 Å². The quantitative estimate of drug-likeness (QED) is 0.880. The number of hydrogen-bond donors (Lipinski definition) is 2. The third-order valence-electron chi connectivity index (χ3n) is 2.86. The van der Waals surface area contributed by atoms with Crippen molar-refractivity contribution in [1.29, 1.82) is 0 Å². The van der Waals surface area contributed by atoms with E-state index in [2.05, 4.69) is 4.72 Å². The van der Waals surface area contributed by atoms with Gasteiger partial charge < -0.3 is 10.2 Å². The summed E-state index contributed by atoms with van der Waals surface area (Å²) in [6.45, 7) is 3.62. The largest absolute Gasteiger partial charge is 0.465 e. The average Bonchev–Trinajstić information content (AvgIpc) is 2.90. The van der Waals surface area contributed by atoms with E-state index < -0.39 is 10.0 Å². The molecule has 0 saturated carbocycles. The fourth-order valence-corrected chi connectivity index (χ4v) is 4.56. The molecule has 0 aliphatic rings. The first-order chi connectivity index (χ1) is 9.35. The van der Waals surface area contributed by atoms with Gasteiger partial charge in [-0.15, -0.1) is 11.3 Å². The van der Waals surface area contributed by atoms with Gasteiger partial charge in [-0.3, -0.25) is 0 Å². The van der Waals surface area contributed by atoms with E-state index in [1.54, 1.807) is 26.0 Å². The van der Waals surface area contributed by atoms with Crippen molar-refractivity contribution >= 4 is 33.0 Å². The Morgan fingerprint density at radius 2 is 2.05 bits per heavy atom. The zero-order valence-corrected chi connectivity index (χ0v) is 13.5. The predicted octanol–water partition coefficient (Wildman–Crippen LogP) is 2.55. The maximum atomic E-state index is 12.4. The topological polar surface area (TPSA) is 85.3 Å². The lowest BCUT2D eigenvalue weighted by Gasteiger charge is -2.06. The molecule has 110 valence electrons. The van der Waals surface area contributed by atoms with Crippen LogP contribution in [-0.2, 0) is 23.1 Å². The highest BCUT2D eigenvalue weighted by Crippen LogP contribution is 2.27. The Labute approximate surface area is 126 Å². The first kappa shape index (κ1) is 15.5. The molecule has 20 heavy (non-hydrogen) atoms. The van der Waals surface area contributed by atoms with E-state index in [0.717, 1.165) is 4.88 Å². The Kier molecular flexibility index (Phi) is 4.55. The second-order valence-corrected chi connectivity index (χ2v) is 7.76. The normalized spacial score (nSPS) is 12.0. The number of nitrogens with one attached hydrogen (secondary N) is 1. The highest BCUT2D eigenvalue weighted by Gasteiger charge is 2.25. The molecule has 0 aromatic carbocycles. The van der Waals surface area contributed by atoms with Crippen LogP contribution in [0.4, 0.5) is 0 Å². The highest BCUT2D eigenvalue weighted by atomic mass is 35.5. The Bertz CT molecular complexity index is 719. The van der Waals surface area contributed by atoms with E-state index in [1.165, 1.54) is 11.3 Å². The van der Waals surface area contributed by atoms with E-state index in [9.17, 15) is 8.42 Å². The molecule has 0 bridgehead atoms. The third-order valence-corrected chi connectivity index (χ3v) is 5.69. The lowest BCUT2D eigenvalue weighted by Crippen LogP contribution is -2.24. The Balaban J connectivity index is 2.27. The zero-order valence-electron chi connectivity index (χ0n) is 11.1. The van der Waals surface area contributed by atoms with E-state index in [1.807, 2.05) is 0 Å². The minimum Gasteiger partial charge on any atom is -0.465 e. The van der Waals surface area contributed by atoms with Crippen LogP contribution in [0.25, 0.3) is 0 Å². The minimum absolute atomic E-state index is 0.115. The van der Waals surface area contributed by atoms with Crippen molar-refractivity contribution in [3.05, 3.63) is 38.4 Å². The van der Waals surface area contributed by atoms with Crippen LogP contribution in [0.5, 0.6) is 0 Å². The van der Waals surface area contributed by atoms with Crippen LogP contribution in [0.3, 0.4) is 0 Å². The van der Waals surface area contributed by atoms with Crippen molar-refractivity contribution in [3.63, 3.8) is 0 Å². The lowest BCUT2D eigenvalue weighted by atomic mass is 10.2. The van der Waals surface area contributed by atoms with Gasteiger partial charge in [0.05, 0.1) is 4.34 Å². The molecule has 2 aromatic heterocycles. The Morgan fingerprint density at radius 1 is 1.35 bits per heavy atom. The van der Waals surface area contributed by atoms with Crippen molar-refractivity contribution in [3.8, 4) is 0 Å². The molecule has 0 aliphatic heterocycles. The summed E-state index contributed by atoms with van der Waals surface area (Å²) in [7, 11) is -3.66. The van der Waals surface area contributed by atoms with E-state index >= 15 is 0 Å². The van der Waals surface area contributed by atoms with Crippen LogP contribution in [-0.4, -0.2) is 8.42 Å². The number of rotatable bonds is 5. The summed E-state index contributed by atoms with van der Waals surface area (Å²) in [5, 5.41) is 0. The third kappa shape index (κ3) is 3.07. The highest BCUT2D eigenvalue weighted by molar-refractivity contribution is 7.89. The Hall–Kier alpha value is -0.860. The molecule has 0 spiro atoms. The molecule has 0 saturated heterocycles. The van der Waals surface area contributed by atoms with Crippen molar-refractivity contribution < 1.29 is 12.8 Å². The van der Waals surface area contributed by atoms with Gasteiger partial charge in [0.25, 0.3) is 0 Å². The fourth-order valence-electron chi connectivity index (χ4n) is 1.98. The average molecular weight is 335 g/mol. The molecule has 2 rings (SSSR count). The predicted molar refractivity (Wildman–Crippen MR) is 79.4 cm³/mol. The molecule has 5 nitrogen and oxygen atoms in total. The van der Waals surface area contributed by atoms with Crippen molar-refractivity contribution in [2.24, 2.45) is 5.73 Å². The molecule has 0 aliphatic carbocycles. The minimum atomic E-state index is -3.66. The number of thiophene rings is 1. The summed E-state index contributed by atoms with van der Waals surface area (Å²) in [5.74, 6) is 0.879. The molecule has 2 aromatic rings. The molecular formula is C12H15ClN2O3S2. The van der Waals surface area contributed by atoms with E-state index in [0.29, 0.717) is 21.4 Å². The van der Waals surface area contributed by atoms with Gasteiger partial charge in [-0.05, 0) is 26.0 Å². The summed E-state index contributed by atoms with van der Waals surface area (Å²) in [6, 6.07) is 3.52. The summed E-state index contributed by atoms with van der Waals surface area (Å²) < 4.78 is 33.3. The summed E-state index contributed by atoms with van der Waals surface area (Å²) in [4.78, 5) is 0.978. The van der Waals surface area contributed by atoms with E-state index in [-0.39, 0.29) is 18.0 Å². The van der Waals surface area contributed by atoms with Gasteiger partial charge in [-0.25, -0.2) is 13.1 Å². The number of aryl methyl sites for hydroxylation is 2. The molecule has 0 unspecified atom stereocenters. The molecule has 0 radical (unpaired) electrons. The first-order valence-electron chi connectivity index (χ1n) is 5.88. The molecule has 0 amide bonds. The maximum Gasteiger partial charge on any atom is 0.244 e. The SMILES string of the molecule is Cc1oc(C)c(S(=O)(=O)NCc2ccc(Cl)s2)c1CN. The standard InChI is InChI=1S/C12H15ClN2O3S2/c1-7-10(5-14)12(8(2)18-7)20(16,17)15-6-9-3-4-11(13)19-9/h3-4,15H,5-6,14H2,1-2H3. The number of halogens is 1. The molecule has 3 N–H and O–H groups in total. The number of furan rings is 1. The van der Waals surface area contributed by atoms with Crippen molar-refractivity contribution in [1.82, 2.24) is 4.72 Å². The zero-order chi connectivity index (χ0) is 14.9. The first-order valence-corrected chi connectivity index (χ1v) is 8.55. The van der Waals surface area contributed by atoms with Crippen LogP contribution in [0.2, 0.25) is 4.34 Å². The summed E-state index contributed by atoms with van der Waals surface area (Å²) in [6.07, 6.45) is 0. The van der Waals surface area contributed by atoms with Gasteiger partial charge in [0.1, 0.15) is 16.4 Å². The number of nitrogens with two attached hydrogens (primary N) is 1. The smallest absolute Gasteiger partial charge is 0.244 e. The summed E-state index contributed by atoms with van der Waals surface area (Å²) >= 11 is 7.15. The second kappa shape index (κ2) is 5.87. The second-order valence-electron chi connectivity index (χ2n) is 4.26. The van der Waals surface area contributed by atoms with Gasteiger partial charge in [0, 0.05) is 23.5 Å². The number of sulfonamides is 1. The maximum absolute atomic E-state index is 12.4. The van der Waals surface area contributed by atoms with Crippen molar-refractivity contribution in [2.75, 3.05) is 0 Å². The van der Waals surface area contributed by atoms with Gasteiger partial charge in [-0.1, -0.05) is 11.6 Å². The molecule has 8 heteroatoms. The molecule has 0 atom stereocenters. The van der Waals surface area contributed by atoms with Crippen LogP contribution >= 0.6 is 22.9 Å². The van der Waals surface area contributed by atoms with Gasteiger partial charge in [0.15, 0.2) is 0 Å². The van der Waals surface area contributed by atoms with Gasteiger partial charge in [-0.2, -0.15) is 0 Å². The molecule has 0 fully saturated rings.